The highest BCUT2D eigenvalue weighted by Gasteiger charge is 2.17. The third-order valence-electron chi connectivity index (χ3n) is 2.35. The van der Waals surface area contributed by atoms with E-state index in [2.05, 4.69) is 5.32 Å². The van der Waals surface area contributed by atoms with Crippen LogP contribution in [0.3, 0.4) is 0 Å². The Labute approximate surface area is 90.5 Å². The number of hydrogen-bond acceptors (Lipinski definition) is 2. The Balaban J connectivity index is 4.21. The van der Waals surface area contributed by atoms with E-state index in [9.17, 15) is 9.59 Å². The van der Waals surface area contributed by atoms with Crippen molar-refractivity contribution in [1.29, 1.82) is 0 Å². The van der Waals surface area contributed by atoms with Gasteiger partial charge in [-0.3, -0.25) is 4.79 Å². The minimum atomic E-state index is -0.996. The van der Waals surface area contributed by atoms with Crippen LogP contribution < -0.4 is 5.32 Å². The lowest BCUT2D eigenvalue weighted by molar-refractivity contribution is -0.137. The summed E-state index contributed by atoms with van der Waals surface area (Å²) in [6.45, 7) is 7.78. The minimum Gasteiger partial charge on any atom is -0.480 e. The molecule has 0 rings (SSSR count). The Morgan fingerprint density at radius 3 is 2.20 bits per heavy atom. The number of carboxylic acid groups (broad SMARTS) is 1. The maximum absolute atomic E-state index is 11.6. The molecule has 0 aliphatic carbocycles. The molecule has 88 valence electrons. The Bertz CT molecular complexity index is 229. The number of amides is 2. The molecule has 0 saturated carbocycles. The molecule has 0 spiro atoms. The van der Waals surface area contributed by atoms with Crippen molar-refractivity contribution in [3.05, 3.63) is 0 Å². The van der Waals surface area contributed by atoms with Gasteiger partial charge in [0.05, 0.1) is 0 Å². The van der Waals surface area contributed by atoms with Gasteiger partial charge in [0.15, 0.2) is 0 Å². The molecule has 1 unspecified atom stereocenters. The second-order valence-corrected chi connectivity index (χ2v) is 3.89. The summed E-state index contributed by atoms with van der Waals surface area (Å²) in [5, 5.41) is 11.3. The SMILES string of the molecule is CCN(CC(=O)O)C(=O)NC(C)C(C)C. The second kappa shape index (κ2) is 6.27. The molecule has 0 aromatic carbocycles. The van der Waals surface area contributed by atoms with E-state index in [1.165, 1.54) is 4.90 Å². The number of hydrogen-bond donors (Lipinski definition) is 2. The number of carboxylic acids is 1. The molecule has 0 bridgehead atoms. The number of urea groups is 1. The van der Waals surface area contributed by atoms with E-state index in [1.807, 2.05) is 20.8 Å². The summed E-state index contributed by atoms with van der Waals surface area (Å²) in [5.74, 6) is -0.665. The summed E-state index contributed by atoms with van der Waals surface area (Å²) in [5.41, 5.74) is 0. The third-order valence-corrected chi connectivity index (χ3v) is 2.35. The molecule has 1 atom stereocenters. The molecule has 0 radical (unpaired) electrons. The van der Waals surface area contributed by atoms with E-state index in [1.54, 1.807) is 6.92 Å². The second-order valence-electron chi connectivity index (χ2n) is 3.89. The van der Waals surface area contributed by atoms with E-state index in [4.69, 9.17) is 5.11 Å². The standard InChI is InChI=1S/C10H20N2O3/c1-5-12(6-9(13)14)10(15)11-8(4)7(2)3/h7-8H,5-6H2,1-4H3,(H,11,15)(H,13,14). The van der Waals surface area contributed by atoms with E-state index in [0.717, 1.165) is 0 Å². The first-order valence-electron chi connectivity index (χ1n) is 5.15. The van der Waals surface area contributed by atoms with Crippen molar-refractivity contribution in [2.45, 2.75) is 33.7 Å². The molecule has 0 aromatic rings. The molecule has 5 nitrogen and oxygen atoms in total. The van der Waals surface area contributed by atoms with Crippen molar-refractivity contribution in [2.24, 2.45) is 5.92 Å². The topological polar surface area (TPSA) is 69.6 Å². The van der Waals surface area contributed by atoms with Crippen LogP contribution in [-0.2, 0) is 4.79 Å². The molecular formula is C10H20N2O3. The van der Waals surface area contributed by atoms with Gasteiger partial charge < -0.3 is 15.3 Å². The van der Waals surface area contributed by atoms with Gasteiger partial charge in [-0.05, 0) is 19.8 Å². The first-order valence-corrected chi connectivity index (χ1v) is 5.15. The van der Waals surface area contributed by atoms with Gasteiger partial charge >= 0.3 is 12.0 Å². The quantitative estimate of drug-likeness (QED) is 0.724. The molecule has 0 fully saturated rings. The number of aliphatic carboxylic acids is 1. The molecular weight excluding hydrogens is 196 g/mol. The zero-order chi connectivity index (χ0) is 12.0. The zero-order valence-corrected chi connectivity index (χ0v) is 9.78. The molecule has 0 aliphatic heterocycles. The average molecular weight is 216 g/mol. The molecule has 2 N–H and O–H groups in total. The van der Waals surface area contributed by atoms with E-state index in [-0.39, 0.29) is 18.6 Å². The summed E-state index contributed by atoms with van der Waals surface area (Å²) in [4.78, 5) is 23.3. The van der Waals surface area contributed by atoms with Crippen LogP contribution >= 0.6 is 0 Å². The van der Waals surface area contributed by atoms with Gasteiger partial charge in [-0.2, -0.15) is 0 Å². The number of carbonyl (C=O) groups is 2. The van der Waals surface area contributed by atoms with Crippen LogP contribution in [0.2, 0.25) is 0 Å². The van der Waals surface area contributed by atoms with Crippen molar-refractivity contribution in [3.63, 3.8) is 0 Å². The maximum atomic E-state index is 11.6. The lowest BCUT2D eigenvalue weighted by Crippen LogP contribution is -2.47. The Morgan fingerprint density at radius 2 is 1.87 bits per heavy atom. The first-order chi connectivity index (χ1) is 6.88. The highest BCUT2D eigenvalue weighted by atomic mass is 16.4. The summed E-state index contributed by atoms with van der Waals surface area (Å²) < 4.78 is 0. The highest BCUT2D eigenvalue weighted by molar-refractivity contribution is 5.80. The predicted molar refractivity (Wildman–Crippen MR) is 57.7 cm³/mol. The normalized spacial score (nSPS) is 12.3. The summed E-state index contributed by atoms with van der Waals surface area (Å²) >= 11 is 0. The van der Waals surface area contributed by atoms with Crippen molar-refractivity contribution in [3.8, 4) is 0 Å². The minimum absolute atomic E-state index is 0.0420. The summed E-state index contributed by atoms with van der Waals surface area (Å²) in [6.07, 6.45) is 0. The van der Waals surface area contributed by atoms with Gasteiger partial charge in [0, 0.05) is 12.6 Å². The lowest BCUT2D eigenvalue weighted by atomic mass is 10.1. The predicted octanol–water partition coefficient (Wildman–Crippen LogP) is 1.15. The van der Waals surface area contributed by atoms with Crippen molar-refractivity contribution < 1.29 is 14.7 Å². The largest absolute Gasteiger partial charge is 0.480 e. The number of nitrogens with zero attached hydrogens (tertiary/aromatic N) is 1. The number of rotatable bonds is 5. The van der Waals surface area contributed by atoms with E-state index in [0.29, 0.717) is 12.5 Å². The van der Waals surface area contributed by atoms with Gasteiger partial charge in [-0.25, -0.2) is 4.79 Å². The molecule has 0 aromatic heterocycles. The smallest absolute Gasteiger partial charge is 0.323 e. The van der Waals surface area contributed by atoms with Crippen molar-refractivity contribution in [2.75, 3.05) is 13.1 Å². The molecule has 5 heteroatoms. The van der Waals surface area contributed by atoms with Crippen molar-refractivity contribution in [1.82, 2.24) is 10.2 Å². The van der Waals surface area contributed by atoms with Crippen LogP contribution in [0.25, 0.3) is 0 Å². The lowest BCUT2D eigenvalue weighted by Gasteiger charge is -2.24. The van der Waals surface area contributed by atoms with Crippen LogP contribution in [0.5, 0.6) is 0 Å². The van der Waals surface area contributed by atoms with Crippen LogP contribution in [0.4, 0.5) is 4.79 Å². The first kappa shape index (κ1) is 13.7. The van der Waals surface area contributed by atoms with Crippen LogP contribution in [0.15, 0.2) is 0 Å². The molecule has 2 amide bonds. The van der Waals surface area contributed by atoms with Gasteiger partial charge in [0.2, 0.25) is 0 Å². The van der Waals surface area contributed by atoms with E-state index < -0.39 is 5.97 Å². The highest BCUT2D eigenvalue weighted by Crippen LogP contribution is 2.01. The van der Waals surface area contributed by atoms with Crippen LogP contribution in [0, 0.1) is 5.92 Å². The fraction of sp³-hybridized carbons (Fsp3) is 0.800. The van der Waals surface area contributed by atoms with Crippen LogP contribution in [0.1, 0.15) is 27.7 Å². The third kappa shape index (κ3) is 5.24. The average Bonchev–Trinajstić information content (AvgIpc) is 2.13. The van der Waals surface area contributed by atoms with E-state index >= 15 is 0 Å². The molecule has 0 saturated heterocycles. The Hall–Kier alpha value is -1.26. The number of carbonyl (C=O) groups excluding carboxylic acids is 1. The van der Waals surface area contributed by atoms with Crippen LogP contribution in [-0.4, -0.2) is 41.1 Å². The summed E-state index contributed by atoms with van der Waals surface area (Å²) in [6, 6.07) is -0.276. The van der Waals surface area contributed by atoms with Gasteiger partial charge in [0.1, 0.15) is 6.54 Å². The Morgan fingerprint density at radius 1 is 1.33 bits per heavy atom. The number of nitrogens with one attached hydrogen (secondary N) is 1. The molecule has 15 heavy (non-hydrogen) atoms. The van der Waals surface area contributed by atoms with Crippen molar-refractivity contribution >= 4 is 12.0 Å². The molecule has 0 aliphatic rings. The maximum Gasteiger partial charge on any atom is 0.323 e. The number of likely N-dealkylation sites (N-methyl/N-ethyl adjacent to an activating group) is 1. The summed E-state index contributed by atoms with van der Waals surface area (Å²) in [7, 11) is 0. The van der Waals surface area contributed by atoms with Gasteiger partial charge in [0.25, 0.3) is 0 Å². The van der Waals surface area contributed by atoms with Gasteiger partial charge in [-0.15, -0.1) is 0 Å². The molecule has 0 heterocycles. The monoisotopic (exact) mass is 216 g/mol. The zero-order valence-electron chi connectivity index (χ0n) is 9.78. The van der Waals surface area contributed by atoms with Gasteiger partial charge in [-0.1, -0.05) is 13.8 Å². The Kier molecular flexibility index (Phi) is 5.74. The fourth-order valence-electron chi connectivity index (χ4n) is 0.943. The fourth-order valence-corrected chi connectivity index (χ4v) is 0.943.